The molecule has 1 atom stereocenters. The number of aromatic nitrogens is 2. The minimum absolute atomic E-state index is 0.460. The summed E-state index contributed by atoms with van der Waals surface area (Å²) in [6, 6.07) is -0.460. The van der Waals surface area contributed by atoms with Gasteiger partial charge in [-0.2, -0.15) is 0 Å². The second kappa shape index (κ2) is 6.19. The zero-order chi connectivity index (χ0) is 11.1. The van der Waals surface area contributed by atoms with E-state index in [0.29, 0.717) is 0 Å². The minimum atomic E-state index is -0.801. The van der Waals surface area contributed by atoms with Gasteiger partial charge in [0.05, 0.1) is 6.33 Å². The van der Waals surface area contributed by atoms with Crippen LogP contribution in [0.4, 0.5) is 0 Å². The van der Waals surface area contributed by atoms with E-state index in [1.807, 2.05) is 10.8 Å². The number of nitrogens with zero attached hydrogens (tertiary/aromatic N) is 2. The van der Waals surface area contributed by atoms with Crippen LogP contribution in [0.3, 0.4) is 0 Å². The van der Waals surface area contributed by atoms with Gasteiger partial charge in [-0.05, 0) is 26.3 Å². The number of aliphatic carboxylic acids is 1. The van der Waals surface area contributed by atoms with Crippen LogP contribution >= 0.6 is 0 Å². The summed E-state index contributed by atoms with van der Waals surface area (Å²) in [6.45, 7) is 3.32. The number of imidazole rings is 1. The summed E-state index contributed by atoms with van der Waals surface area (Å²) >= 11 is 0. The predicted octanol–water partition coefficient (Wildman–Crippen LogP) is 0.726. The lowest BCUT2D eigenvalue weighted by molar-refractivity contribution is -0.138. The highest BCUT2D eigenvalue weighted by molar-refractivity contribution is 5.72. The van der Waals surface area contributed by atoms with Gasteiger partial charge in [0.2, 0.25) is 0 Å². The van der Waals surface area contributed by atoms with Gasteiger partial charge < -0.3 is 15.0 Å². The smallest absolute Gasteiger partial charge is 0.320 e. The van der Waals surface area contributed by atoms with Crippen molar-refractivity contribution < 1.29 is 9.90 Å². The molecule has 0 saturated carbocycles. The molecule has 5 nitrogen and oxygen atoms in total. The quantitative estimate of drug-likeness (QED) is 0.652. The lowest BCUT2D eigenvalue weighted by Gasteiger charge is -2.08. The predicted molar refractivity (Wildman–Crippen MR) is 56.6 cm³/mol. The molecule has 1 unspecified atom stereocenters. The molecule has 1 aromatic rings. The van der Waals surface area contributed by atoms with Crippen molar-refractivity contribution in [2.24, 2.45) is 0 Å². The van der Waals surface area contributed by atoms with Gasteiger partial charge in [0.1, 0.15) is 6.04 Å². The highest BCUT2D eigenvalue weighted by Gasteiger charge is 2.07. The topological polar surface area (TPSA) is 67.2 Å². The third kappa shape index (κ3) is 4.60. The number of rotatable bonds is 7. The Morgan fingerprint density at radius 1 is 1.60 bits per heavy atom. The van der Waals surface area contributed by atoms with Gasteiger partial charge in [0.15, 0.2) is 0 Å². The first-order valence-corrected chi connectivity index (χ1v) is 5.12. The van der Waals surface area contributed by atoms with Crippen LogP contribution in [0, 0.1) is 0 Å². The molecule has 0 spiro atoms. The monoisotopic (exact) mass is 211 g/mol. The third-order valence-electron chi connectivity index (χ3n) is 2.22. The summed E-state index contributed by atoms with van der Waals surface area (Å²) in [4.78, 5) is 14.4. The maximum atomic E-state index is 10.5. The number of carboxylic acids is 1. The largest absolute Gasteiger partial charge is 0.480 e. The van der Waals surface area contributed by atoms with Crippen molar-refractivity contribution in [1.29, 1.82) is 0 Å². The van der Waals surface area contributed by atoms with E-state index >= 15 is 0 Å². The summed E-state index contributed by atoms with van der Waals surface area (Å²) in [7, 11) is 0. The SMILES string of the molecule is CC(NCCCCn1ccnc1)C(=O)O. The average Bonchev–Trinajstić information content (AvgIpc) is 2.69. The molecular weight excluding hydrogens is 194 g/mol. The Kier molecular flexibility index (Phi) is 4.83. The van der Waals surface area contributed by atoms with Crippen molar-refractivity contribution in [3.63, 3.8) is 0 Å². The number of unbranched alkanes of at least 4 members (excludes halogenated alkanes) is 1. The molecule has 0 aliphatic rings. The van der Waals surface area contributed by atoms with Crippen molar-refractivity contribution in [3.05, 3.63) is 18.7 Å². The maximum Gasteiger partial charge on any atom is 0.320 e. The molecule has 0 saturated heterocycles. The van der Waals surface area contributed by atoms with Crippen LogP contribution in [-0.4, -0.2) is 33.2 Å². The fourth-order valence-corrected chi connectivity index (χ4v) is 1.24. The summed E-state index contributed by atoms with van der Waals surface area (Å²) in [5.41, 5.74) is 0. The lowest BCUT2D eigenvalue weighted by Crippen LogP contribution is -2.34. The first-order chi connectivity index (χ1) is 7.20. The third-order valence-corrected chi connectivity index (χ3v) is 2.22. The molecule has 0 aliphatic carbocycles. The van der Waals surface area contributed by atoms with E-state index in [1.54, 1.807) is 19.4 Å². The molecule has 0 fully saturated rings. The lowest BCUT2D eigenvalue weighted by atomic mass is 10.2. The summed E-state index contributed by atoms with van der Waals surface area (Å²) in [5.74, 6) is -0.801. The molecule has 1 heterocycles. The van der Waals surface area contributed by atoms with Crippen LogP contribution in [0.25, 0.3) is 0 Å². The van der Waals surface area contributed by atoms with Crippen molar-refractivity contribution >= 4 is 5.97 Å². The molecule has 5 heteroatoms. The van der Waals surface area contributed by atoms with Crippen molar-refractivity contribution in [3.8, 4) is 0 Å². The Labute approximate surface area is 89.1 Å². The van der Waals surface area contributed by atoms with E-state index in [9.17, 15) is 4.79 Å². The van der Waals surface area contributed by atoms with Gasteiger partial charge >= 0.3 is 5.97 Å². The Bertz CT molecular complexity index is 285. The van der Waals surface area contributed by atoms with E-state index in [2.05, 4.69) is 10.3 Å². The second-order valence-electron chi connectivity index (χ2n) is 3.52. The van der Waals surface area contributed by atoms with Gasteiger partial charge in [0.25, 0.3) is 0 Å². The normalized spacial score (nSPS) is 12.6. The van der Waals surface area contributed by atoms with E-state index in [0.717, 1.165) is 25.9 Å². The zero-order valence-corrected chi connectivity index (χ0v) is 8.89. The Morgan fingerprint density at radius 3 is 3.00 bits per heavy atom. The molecule has 15 heavy (non-hydrogen) atoms. The summed E-state index contributed by atoms with van der Waals surface area (Å²) in [5, 5.41) is 11.6. The van der Waals surface area contributed by atoms with Crippen LogP contribution < -0.4 is 5.32 Å². The van der Waals surface area contributed by atoms with Gasteiger partial charge in [-0.15, -0.1) is 0 Å². The number of hydrogen-bond donors (Lipinski definition) is 2. The van der Waals surface area contributed by atoms with Crippen LogP contribution in [0.1, 0.15) is 19.8 Å². The number of nitrogens with one attached hydrogen (secondary N) is 1. The summed E-state index contributed by atoms with van der Waals surface area (Å²) < 4.78 is 2.01. The molecule has 0 aliphatic heterocycles. The second-order valence-corrected chi connectivity index (χ2v) is 3.52. The zero-order valence-electron chi connectivity index (χ0n) is 8.89. The highest BCUT2D eigenvalue weighted by Crippen LogP contribution is 1.94. The van der Waals surface area contributed by atoms with Gasteiger partial charge in [-0.3, -0.25) is 4.79 Å². The van der Waals surface area contributed by atoms with Crippen LogP contribution in [0.15, 0.2) is 18.7 Å². The van der Waals surface area contributed by atoms with Crippen LogP contribution in [0.5, 0.6) is 0 Å². The number of aryl methyl sites for hydroxylation is 1. The fourth-order valence-electron chi connectivity index (χ4n) is 1.24. The molecule has 0 radical (unpaired) electrons. The van der Waals surface area contributed by atoms with E-state index in [-0.39, 0.29) is 0 Å². The molecule has 84 valence electrons. The number of carboxylic acid groups (broad SMARTS) is 1. The summed E-state index contributed by atoms with van der Waals surface area (Å²) in [6.07, 6.45) is 7.46. The van der Waals surface area contributed by atoms with Gasteiger partial charge in [0, 0.05) is 18.9 Å². The fraction of sp³-hybridized carbons (Fsp3) is 0.600. The molecular formula is C10H17N3O2. The van der Waals surface area contributed by atoms with E-state index in [1.165, 1.54) is 0 Å². The molecule has 1 aromatic heterocycles. The minimum Gasteiger partial charge on any atom is -0.480 e. The first kappa shape index (κ1) is 11.7. The number of carbonyl (C=O) groups is 1. The maximum absolute atomic E-state index is 10.5. The van der Waals surface area contributed by atoms with Gasteiger partial charge in [-0.25, -0.2) is 4.98 Å². The van der Waals surface area contributed by atoms with Crippen molar-refractivity contribution in [2.45, 2.75) is 32.4 Å². The van der Waals surface area contributed by atoms with Crippen LogP contribution in [-0.2, 0) is 11.3 Å². The highest BCUT2D eigenvalue weighted by atomic mass is 16.4. The molecule has 2 N–H and O–H groups in total. The molecule has 0 aromatic carbocycles. The first-order valence-electron chi connectivity index (χ1n) is 5.12. The van der Waals surface area contributed by atoms with Gasteiger partial charge in [-0.1, -0.05) is 0 Å². The number of hydrogen-bond acceptors (Lipinski definition) is 3. The Morgan fingerprint density at radius 2 is 2.40 bits per heavy atom. The van der Waals surface area contributed by atoms with E-state index in [4.69, 9.17) is 5.11 Å². The molecule has 1 rings (SSSR count). The molecule has 0 amide bonds. The average molecular weight is 211 g/mol. The Balaban J connectivity index is 2.00. The van der Waals surface area contributed by atoms with Crippen molar-refractivity contribution in [2.75, 3.05) is 6.54 Å². The standard InChI is InChI=1S/C10H17N3O2/c1-9(10(14)15)12-4-2-3-6-13-7-5-11-8-13/h5,7-9,12H,2-4,6H2,1H3,(H,14,15). The Hall–Kier alpha value is -1.36. The van der Waals surface area contributed by atoms with Crippen molar-refractivity contribution in [1.82, 2.24) is 14.9 Å². The molecule has 0 bridgehead atoms. The van der Waals surface area contributed by atoms with Crippen LogP contribution in [0.2, 0.25) is 0 Å². The van der Waals surface area contributed by atoms with E-state index < -0.39 is 12.0 Å².